The molecule has 0 N–H and O–H groups in total. The first-order valence-electron chi connectivity index (χ1n) is 14.0. The molecule has 6 aromatic carbocycles. The molecule has 0 unspecified atom stereocenters. The van der Waals surface area contributed by atoms with E-state index in [-0.39, 0.29) is 0 Å². The van der Waals surface area contributed by atoms with E-state index >= 15 is 0 Å². The summed E-state index contributed by atoms with van der Waals surface area (Å²) >= 11 is 1.82. The minimum atomic E-state index is 0.718. The monoisotopic (exact) mass is 555 g/mol. The molecule has 0 aliphatic carbocycles. The third-order valence-electron chi connectivity index (χ3n) is 7.67. The second-order valence-electron chi connectivity index (χ2n) is 10.3. The van der Waals surface area contributed by atoms with Gasteiger partial charge in [-0.2, -0.15) is 0 Å². The standard InChI is InChI=1S/C38H25N3S/c1-3-11-26(12-4-1)29-21-24-32-31(25-29)37(27-13-5-2-6-14-27)40-38(39-32)28-19-22-30(23-20-28)41-33-15-7-9-17-35(33)42-36-18-10-8-16-34(36)41/h1-25H. The summed E-state index contributed by atoms with van der Waals surface area (Å²) in [7, 11) is 0. The molecule has 0 bridgehead atoms. The van der Waals surface area contributed by atoms with Crippen molar-refractivity contribution in [3.05, 3.63) is 152 Å². The Morgan fingerprint density at radius 2 is 1.02 bits per heavy atom. The fourth-order valence-corrected chi connectivity index (χ4v) is 6.68. The van der Waals surface area contributed by atoms with Crippen molar-refractivity contribution in [3.63, 3.8) is 0 Å². The SMILES string of the molecule is c1ccc(-c2ccc3nc(-c4ccc(N5c6ccccc6Sc6ccccc65)cc4)nc(-c4ccccc4)c3c2)cc1. The lowest BCUT2D eigenvalue weighted by Gasteiger charge is -2.32. The van der Waals surface area contributed by atoms with Gasteiger partial charge in [0.2, 0.25) is 0 Å². The number of nitrogens with zero attached hydrogens (tertiary/aromatic N) is 3. The van der Waals surface area contributed by atoms with Crippen LogP contribution in [-0.4, -0.2) is 9.97 Å². The van der Waals surface area contributed by atoms with Crippen molar-refractivity contribution in [3.8, 4) is 33.8 Å². The molecular weight excluding hydrogens is 531 g/mol. The van der Waals surface area contributed by atoms with Crippen LogP contribution < -0.4 is 4.90 Å². The number of rotatable bonds is 4. The van der Waals surface area contributed by atoms with Crippen LogP contribution in [0.15, 0.2) is 161 Å². The lowest BCUT2D eigenvalue weighted by Crippen LogP contribution is -2.14. The van der Waals surface area contributed by atoms with E-state index in [0.29, 0.717) is 0 Å². The lowest BCUT2D eigenvalue weighted by molar-refractivity contribution is 1.16. The Bertz CT molecular complexity index is 2010. The minimum absolute atomic E-state index is 0.718. The summed E-state index contributed by atoms with van der Waals surface area (Å²) in [5, 5.41) is 1.04. The predicted octanol–water partition coefficient (Wildman–Crippen LogP) is 10.6. The third kappa shape index (κ3) is 4.33. The quantitative estimate of drug-likeness (QED) is 0.216. The molecule has 0 radical (unpaired) electrons. The molecule has 0 spiro atoms. The van der Waals surface area contributed by atoms with Crippen molar-refractivity contribution in [2.45, 2.75) is 9.79 Å². The second-order valence-corrected chi connectivity index (χ2v) is 11.4. The molecule has 1 aliphatic heterocycles. The highest BCUT2D eigenvalue weighted by molar-refractivity contribution is 7.99. The highest BCUT2D eigenvalue weighted by atomic mass is 32.2. The van der Waals surface area contributed by atoms with Gasteiger partial charge in [0.05, 0.1) is 22.6 Å². The van der Waals surface area contributed by atoms with E-state index in [1.54, 1.807) is 0 Å². The molecule has 0 amide bonds. The Morgan fingerprint density at radius 1 is 0.452 bits per heavy atom. The molecule has 3 nitrogen and oxygen atoms in total. The number of hydrogen-bond donors (Lipinski definition) is 0. The third-order valence-corrected chi connectivity index (χ3v) is 8.80. The van der Waals surface area contributed by atoms with Gasteiger partial charge in [-0.1, -0.05) is 103 Å². The molecule has 0 saturated heterocycles. The summed E-state index contributed by atoms with van der Waals surface area (Å²) in [6.07, 6.45) is 0. The molecule has 1 aromatic heterocycles. The van der Waals surface area contributed by atoms with Crippen LogP contribution in [-0.2, 0) is 0 Å². The van der Waals surface area contributed by atoms with Gasteiger partial charge >= 0.3 is 0 Å². The van der Waals surface area contributed by atoms with Crippen molar-refractivity contribution >= 4 is 39.7 Å². The summed E-state index contributed by atoms with van der Waals surface area (Å²) in [6, 6.07) is 53.1. The van der Waals surface area contributed by atoms with Crippen LogP contribution in [0.25, 0.3) is 44.7 Å². The summed E-state index contributed by atoms with van der Waals surface area (Å²) in [6.45, 7) is 0. The van der Waals surface area contributed by atoms with Crippen LogP contribution in [0, 0.1) is 0 Å². The first kappa shape index (κ1) is 24.6. The van der Waals surface area contributed by atoms with E-state index in [4.69, 9.17) is 9.97 Å². The Hall–Kier alpha value is -5.19. The normalized spacial score (nSPS) is 12.1. The van der Waals surface area contributed by atoms with E-state index < -0.39 is 0 Å². The van der Waals surface area contributed by atoms with Crippen molar-refractivity contribution in [1.29, 1.82) is 0 Å². The van der Waals surface area contributed by atoms with Crippen LogP contribution in [0.2, 0.25) is 0 Å². The minimum Gasteiger partial charge on any atom is -0.308 e. The number of para-hydroxylation sites is 2. The molecule has 0 atom stereocenters. The average molecular weight is 556 g/mol. The van der Waals surface area contributed by atoms with Crippen LogP contribution in [0.3, 0.4) is 0 Å². The smallest absolute Gasteiger partial charge is 0.160 e. The Labute approximate surface area is 249 Å². The molecule has 42 heavy (non-hydrogen) atoms. The Balaban J connectivity index is 1.24. The van der Waals surface area contributed by atoms with Crippen molar-refractivity contribution < 1.29 is 0 Å². The second kappa shape index (κ2) is 10.3. The maximum atomic E-state index is 5.16. The molecule has 8 rings (SSSR count). The molecule has 0 saturated carbocycles. The molecular formula is C38H25N3S. The fraction of sp³-hybridized carbons (Fsp3) is 0. The zero-order valence-electron chi connectivity index (χ0n) is 22.7. The van der Waals surface area contributed by atoms with Crippen molar-refractivity contribution in [2.24, 2.45) is 0 Å². The molecule has 1 aliphatic rings. The summed E-state index contributed by atoms with van der Waals surface area (Å²) in [5.74, 6) is 0.718. The van der Waals surface area contributed by atoms with Crippen LogP contribution in [0.4, 0.5) is 17.1 Å². The van der Waals surface area contributed by atoms with Crippen molar-refractivity contribution in [2.75, 3.05) is 4.90 Å². The van der Waals surface area contributed by atoms with E-state index in [0.717, 1.165) is 44.8 Å². The van der Waals surface area contributed by atoms with Crippen molar-refractivity contribution in [1.82, 2.24) is 9.97 Å². The van der Waals surface area contributed by atoms with Crippen LogP contribution in [0.5, 0.6) is 0 Å². The summed E-state index contributed by atoms with van der Waals surface area (Å²) in [4.78, 5) is 15.1. The van der Waals surface area contributed by atoms with Gasteiger partial charge in [0.25, 0.3) is 0 Å². The first-order chi connectivity index (χ1) is 20.8. The van der Waals surface area contributed by atoms with Gasteiger partial charge < -0.3 is 4.90 Å². The van der Waals surface area contributed by atoms with Gasteiger partial charge in [-0.05, 0) is 71.8 Å². The van der Waals surface area contributed by atoms with Gasteiger partial charge in [-0.25, -0.2) is 9.97 Å². The van der Waals surface area contributed by atoms with Gasteiger partial charge in [0.1, 0.15) is 0 Å². The average Bonchev–Trinajstić information content (AvgIpc) is 3.07. The number of benzene rings is 6. The van der Waals surface area contributed by atoms with E-state index in [1.807, 2.05) is 23.9 Å². The molecule has 7 aromatic rings. The van der Waals surface area contributed by atoms with E-state index in [2.05, 4.69) is 144 Å². The Kier molecular flexibility index (Phi) is 6.05. The van der Waals surface area contributed by atoms with Crippen LogP contribution in [0.1, 0.15) is 0 Å². The lowest BCUT2D eigenvalue weighted by atomic mass is 10.00. The zero-order chi connectivity index (χ0) is 27.9. The fourth-order valence-electron chi connectivity index (χ4n) is 5.63. The first-order valence-corrected chi connectivity index (χ1v) is 14.8. The highest BCUT2D eigenvalue weighted by Crippen LogP contribution is 2.51. The number of hydrogen-bond acceptors (Lipinski definition) is 4. The van der Waals surface area contributed by atoms with Gasteiger partial charge in [-0.15, -0.1) is 0 Å². The molecule has 2 heterocycles. The zero-order valence-corrected chi connectivity index (χ0v) is 23.5. The molecule has 0 fully saturated rings. The highest BCUT2D eigenvalue weighted by Gasteiger charge is 2.24. The molecule has 4 heteroatoms. The number of fused-ring (bicyclic) bond motifs is 3. The number of anilines is 3. The largest absolute Gasteiger partial charge is 0.308 e. The summed E-state index contributed by atoms with van der Waals surface area (Å²) in [5.41, 5.74) is 9.75. The topological polar surface area (TPSA) is 29.0 Å². The molecule has 198 valence electrons. The number of aromatic nitrogens is 2. The van der Waals surface area contributed by atoms with Gasteiger partial charge in [0, 0.05) is 32.0 Å². The van der Waals surface area contributed by atoms with E-state index in [1.165, 1.54) is 26.7 Å². The Morgan fingerprint density at radius 3 is 1.69 bits per heavy atom. The van der Waals surface area contributed by atoms with Gasteiger partial charge in [-0.3, -0.25) is 0 Å². The summed E-state index contributed by atoms with van der Waals surface area (Å²) < 4.78 is 0. The van der Waals surface area contributed by atoms with Crippen LogP contribution >= 0.6 is 11.8 Å². The van der Waals surface area contributed by atoms with E-state index in [9.17, 15) is 0 Å². The maximum Gasteiger partial charge on any atom is 0.160 e. The predicted molar refractivity (Wildman–Crippen MR) is 175 cm³/mol. The van der Waals surface area contributed by atoms with Gasteiger partial charge in [0.15, 0.2) is 5.82 Å². The maximum absolute atomic E-state index is 5.16.